The van der Waals surface area contributed by atoms with Crippen molar-refractivity contribution in [2.24, 2.45) is 0 Å². The van der Waals surface area contributed by atoms with Crippen LogP contribution in [0, 0.1) is 0 Å². The number of fused-ring (bicyclic) bond motifs is 2. The third-order valence-corrected chi connectivity index (χ3v) is 10.7. The van der Waals surface area contributed by atoms with E-state index in [1.165, 1.54) is 32.1 Å². The molecule has 0 fully saturated rings. The van der Waals surface area contributed by atoms with Crippen molar-refractivity contribution in [3.05, 3.63) is 127 Å². The smallest absolute Gasteiger partial charge is 0.241 e. The highest BCUT2D eigenvalue weighted by molar-refractivity contribution is 8.13. The van der Waals surface area contributed by atoms with Crippen molar-refractivity contribution in [1.82, 2.24) is 3.97 Å². The lowest BCUT2D eigenvalue weighted by molar-refractivity contribution is 0.589. The summed E-state index contributed by atoms with van der Waals surface area (Å²) in [5.41, 5.74) is 3.57. The van der Waals surface area contributed by atoms with Gasteiger partial charge >= 0.3 is 0 Å². The molecule has 0 bridgehead atoms. The first-order valence-electron chi connectivity index (χ1n) is 12.4. The largest absolute Gasteiger partial charge is 0.268 e. The molecule has 1 aliphatic carbocycles. The molecule has 41 heavy (non-hydrogen) atoms. The minimum atomic E-state index is -3.54. The van der Waals surface area contributed by atoms with Crippen molar-refractivity contribution in [3.8, 4) is 0 Å². The quantitative estimate of drug-likeness (QED) is 0.142. The third kappa shape index (κ3) is 7.87. The topological polar surface area (TPSA) is 73.2 Å². The van der Waals surface area contributed by atoms with Gasteiger partial charge in [-0.2, -0.15) is 0 Å². The van der Waals surface area contributed by atoms with Crippen molar-refractivity contribution < 1.29 is 16.8 Å². The second kappa shape index (κ2) is 13.8. The van der Waals surface area contributed by atoms with Crippen LogP contribution in [0.3, 0.4) is 0 Å². The van der Waals surface area contributed by atoms with Crippen LogP contribution in [0.25, 0.3) is 17.0 Å². The van der Waals surface area contributed by atoms with Gasteiger partial charge in [0.15, 0.2) is 0 Å². The third-order valence-electron chi connectivity index (χ3n) is 6.17. The molecule has 0 saturated heterocycles. The van der Waals surface area contributed by atoms with Crippen LogP contribution in [0.1, 0.15) is 11.1 Å². The van der Waals surface area contributed by atoms with E-state index in [1.807, 2.05) is 42.3 Å². The van der Waals surface area contributed by atoms with E-state index in [-0.39, 0.29) is 4.90 Å². The van der Waals surface area contributed by atoms with Crippen LogP contribution in [-0.2, 0) is 25.5 Å². The van der Waals surface area contributed by atoms with Gasteiger partial charge in [0, 0.05) is 32.1 Å². The molecule has 212 valence electrons. The maximum absolute atomic E-state index is 12.7. The van der Waals surface area contributed by atoms with Gasteiger partial charge in [-0.3, -0.25) is 0 Å². The Labute approximate surface area is 254 Å². The summed E-state index contributed by atoms with van der Waals surface area (Å²) in [5.74, 6) is 0. The number of hydrogen-bond donors (Lipinski definition) is 0. The predicted molar refractivity (Wildman–Crippen MR) is 173 cm³/mol. The molecule has 0 amide bonds. The second-order valence-electron chi connectivity index (χ2n) is 8.78. The number of nitrogens with zero attached hydrogens (tertiary/aromatic N) is 1. The lowest BCUT2D eigenvalue weighted by atomic mass is 10.1. The molecule has 5 aromatic rings. The van der Waals surface area contributed by atoms with Crippen molar-refractivity contribution in [3.63, 3.8) is 0 Å². The highest BCUT2D eigenvalue weighted by Gasteiger charge is 2.18. The van der Waals surface area contributed by atoms with Gasteiger partial charge in [-0.05, 0) is 84.7 Å². The molecule has 0 spiro atoms. The summed E-state index contributed by atoms with van der Waals surface area (Å²) in [6, 6.07) is 30.7. The number of aromatic nitrogens is 1. The lowest BCUT2D eigenvalue weighted by Crippen LogP contribution is -2.11. The van der Waals surface area contributed by atoms with Gasteiger partial charge in [-0.15, -0.1) is 23.5 Å². The number of rotatable bonds is 5. The Morgan fingerprint density at radius 2 is 1.29 bits per heavy atom. The highest BCUT2D eigenvalue weighted by Crippen LogP contribution is 2.26. The van der Waals surface area contributed by atoms with Crippen LogP contribution in [0.5, 0.6) is 0 Å². The van der Waals surface area contributed by atoms with Crippen LogP contribution in [0.15, 0.2) is 135 Å². The average molecular weight is 642 g/mol. The molecule has 1 aromatic heterocycles. The van der Waals surface area contributed by atoms with Crippen molar-refractivity contribution in [1.29, 1.82) is 0 Å². The number of benzene rings is 4. The summed E-state index contributed by atoms with van der Waals surface area (Å²) in [6.45, 7) is 0. The average Bonchev–Trinajstić information content (AvgIpc) is 3.65. The molecule has 4 aromatic carbocycles. The summed E-state index contributed by atoms with van der Waals surface area (Å²) < 4.78 is 47.9. The van der Waals surface area contributed by atoms with Crippen molar-refractivity contribution >= 4 is 70.3 Å². The minimum absolute atomic E-state index is 0.136. The van der Waals surface area contributed by atoms with E-state index < -0.39 is 19.1 Å². The Morgan fingerprint density at radius 3 is 1.88 bits per heavy atom. The predicted octanol–water partition coefficient (Wildman–Crippen LogP) is 8.19. The maximum atomic E-state index is 12.7. The molecule has 0 unspecified atom stereocenters. The SMILES string of the molecule is CSc1ccc2c(c1)CC=C2.CSc1ccc2ccn(S(=O)(=O)c3ccccc3)c2c1.O=S(=O)(Cl)c1ccccc1. The summed E-state index contributed by atoms with van der Waals surface area (Å²) in [4.78, 5) is 2.84. The fourth-order valence-electron chi connectivity index (χ4n) is 4.07. The zero-order valence-electron chi connectivity index (χ0n) is 22.3. The van der Waals surface area contributed by atoms with E-state index in [1.54, 1.807) is 66.5 Å². The van der Waals surface area contributed by atoms with Crippen molar-refractivity contribution in [2.45, 2.75) is 26.0 Å². The zero-order valence-corrected chi connectivity index (χ0v) is 26.4. The summed E-state index contributed by atoms with van der Waals surface area (Å²) in [7, 11) is -2.04. The van der Waals surface area contributed by atoms with Gasteiger partial charge in [0.25, 0.3) is 19.1 Å². The summed E-state index contributed by atoms with van der Waals surface area (Å²) in [5, 5.41) is 0.919. The zero-order chi connectivity index (χ0) is 29.5. The first-order chi connectivity index (χ1) is 19.6. The van der Waals surface area contributed by atoms with E-state index in [0.29, 0.717) is 10.4 Å². The molecule has 6 rings (SSSR count). The number of allylic oxidation sites excluding steroid dienone is 1. The molecule has 0 N–H and O–H groups in total. The Bertz CT molecular complexity index is 1870. The van der Waals surface area contributed by atoms with Crippen LogP contribution in [0.2, 0.25) is 0 Å². The first kappa shape index (κ1) is 31.0. The standard InChI is InChI=1S/C15H13NO2S2.C10H10S.C6H5ClO2S/c1-19-13-8-7-12-9-10-16(15(12)11-13)20(17,18)14-5-3-2-4-6-14;1-11-10-6-5-8-3-2-4-9(8)7-10;7-10(8,9)6-4-2-1-3-5-6/h2-11H,1H3;2-3,5-7H,4H2,1H3;1-5H. The Balaban J connectivity index is 0.000000156. The summed E-state index contributed by atoms with van der Waals surface area (Å²) >= 11 is 3.40. The van der Waals surface area contributed by atoms with E-state index >= 15 is 0 Å². The Hall–Kier alpha value is -2.95. The lowest BCUT2D eigenvalue weighted by Gasteiger charge is -2.08. The van der Waals surface area contributed by atoms with Crippen molar-refractivity contribution in [2.75, 3.05) is 12.5 Å². The van der Waals surface area contributed by atoms with E-state index in [0.717, 1.165) is 16.7 Å². The molecule has 10 heteroatoms. The monoisotopic (exact) mass is 641 g/mol. The van der Waals surface area contributed by atoms with Crippen LogP contribution < -0.4 is 0 Å². The van der Waals surface area contributed by atoms with E-state index in [4.69, 9.17) is 10.7 Å². The van der Waals surface area contributed by atoms with Gasteiger partial charge in [0.2, 0.25) is 0 Å². The van der Waals surface area contributed by atoms with Gasteiger partial charge in [-0.1, -0.05) is 60.7 Å². The highest BCUT2D eigenvalue weighted by atomic mass is 35.7. The van der Waals surface area contributed by atoms with Crippen LogP contribution >= 0.6 is 34.2 Å². The first-order valence-corrected chi connectivity index (χ1v) is 18.6. The molecule has 5 nitrogen and oxygen atoms in total. The fraction of sp³-hybridized carbons (Fsp3) is 0.0968. The van der Waals surface area contributed by atoms with Gasteiger partial charge in [0.05, 0.1) is 15.3 Å². The van der Waals surface area contributed by atoms with Gasteiger partial charge in [0.1, 0.15) is 0 Å². The number of hydrogen-bond acceptors (Lipinski definition) is 6. The summed E-state index contributed by atoms with van der Waals surface area (Å²) in [6.07, 6.45) is 11.2. The molecule has 1 heterocycles. The van der Waals surface area contributed by atoms with Gasteiger partial charge in [-0.25, -0.2) is 20.8 Å². The second-order valence-corrected chi connectivity index (χ2v) is 14.9. The number of halogens is 1. The van der Waals surface area contributed by atoms with Gasteiger partial charge < -0.3 is 0 Å². The molecule has 0 aliphatic heterocycles. The molecule has 0 atom stereocenters. The Kier molecular flexibility index (Phi) is 10.4. The molecular formula is C31H28ClNO4S4. The number of thioether (sulfide) groups is 2. The van der Waals surface area contributed by atoms with Crippen LogP contribution in [0.4, 0.5) is 0 Å². The Morgan fingerprint density at radius 1 is 0.707 bits per heavy atom. The van der Waals surface area contributed by atoms with E-state index in [9.17, 15) is 16.8 Å². The molecule has 0 saturated carbocycles. The van der Waals surface area contributed by atoms with E-state index in [2.05, 4.69) is 36.6 Å². The normalized spacial score (nSPS) is 12.2. The minimum Gasteiger partial charge on any atom is -0.241 e. The molecular weight excluding hydrogens is 614 g/mol. The molecule has 1 aliphatic rings. The van der Waals surface area contributed by atoms with Crippen LogP contribution in [-0.4, -0.2) is 33.3 Å². The molecule has 0 radical (unpaired) electrons. The maximum Gasteiger partial charge on any atom is 0.268 e. The fourth-order valence-corrected chi connectivity index (χ4v) is 7.13.